The van der Waals surface area contributed by atoms with Gasteiger partial charge in [0, 0.05) is 11.1 Å². The maximum Gasteiger partial charge on any atom is 0.201 e. The molecule has 42 heavy (non-hydrogen) atoms. The van der Waals surface area contributed by atoms with Crippen molar-refractivity contribution in [3.8, 4) is 22.6 Å². The first-order chi connectivity index (χ1) is 20.4. The second-order valence-corrected chi connectivity index (χ2v) is 13.4. The largest absolute Gasteiger partial charge is 0.491 e. The Bertz CT molecular complexity index is 1180. The van der Waals surface area contributed by atoms with Crippen LogP contribution in [-0.2, 0) is 0 Å². The Hall–Kier alpha value is -2.24. The van der Waals surface area contributed by atoms with E-state index in [1.54, 1.807) is 6.92 Å². The molecule has 5 rings (SSSR count). The number of rotatable bonds is 11. The topological polar surface area (TPSA) is 18.5 Å². The van der Waals surface area contributed by atoms with Crippen LogP contribution in [0.4, 0.5) is 17.6 Å². The number of halogens is 4. The molecule has 2 nitrogen and oxygen atoms in total. The highest BCUT2D eigenvalue weighted by molar-refractivity contribution is 5.67. The molecule has 4 unspecified atom stereocenters. The molecule has 0 N–H and O–H groups in total. The highest BCUT2D eigenvalue weighted by Crippen LogP contribution is 2.47. The Balaban J connectivity index is 1.06. The van der Waals surface area contributed by atoms with Gasteiger partial charge in [-0.1, -0.05) is 58.3 Å². The van der Waals surface area contributed by atoms with Crippen LogP contribution >= 0.6 is 0 Å². The Morgan fingerprint density at radius 1 is 0.548 bits per heavy atom. The zero-order valence-corrected chi connectivity index (χ0v) is 25.4. The van der Waals surface area contributed by atoms with Crippen molar-refractivity contribution in [3.05, 3.63) is 47.5 Å². The van der Waals surface area contributed by atoms with Crippen LogP contribution in [0.15, 0.2) is 24.3 Å². The van der Waals surface area contributed by atoms with E-state index in [-0.39, 0.29) is 29.2 Å². The fraction of sp³-hybridized carbons (Fsp3) is 0.667. The van der Waals surface area contributed by atoms with Gasteiger partial charge in [-0.3, -0.25) is 0 Å². The summed E-state index contributed by atoms with van der Waals surface area (Å²) < 4.78 is 69.5. The molecule has 232 valence electrons. The molecule has 4 atom stereocenters. The zero-order chi connectivity index (χ0) is 29.6. The third-order valence-corrected chi connectivity index (χ3v) is 10.6. The molecule has 3 fully saturated rings. The fourth-order valence-corrected chi connectivity index (χ4v) is 8.24. The van der Waals surface area contributed by atoms with Gasteiger partial charge in [0.1, 0.15) is 0 Å². The van der Waals surface area contributed by atoms with Gasteiger partial charge in [-0.15, -0.1) is 0 Å². The van der Waals surface area contributed by atoms with E-state index in [2.05, 4.69) is 6.92 Å². The molecule has 0 spiro atoms. The van der Waals surface area contributed by atoms with Crippen LogP contribution in [0, 0.1) is 58.8 Å². The van der Waals surface area contributed by atoms with Crippen LogP contribution in [0.5, 0.6) is 11.5 Å². The van der Waals surface area contributed by atoms with Crippen molar-refractivity contribution >= 4 is 0 Å². The lowest BCUT2D eigenvalue weighted by atomic mass is 9.63. The standard InChI is InChI=1S/C36H48F4O2/c1-3-5-24-12-14-28-21-25(13-15-27(28)20-24)9-6-23-7-10-26(11-8-23)22-42-32-19-17-30(34(38)36(32)40)29-16-18-31(41-4-2)35(39)33(29)37/h16-19,23-28H,3-15,20-22H2,1-2H3. The maximum atomic E-state index is 14.9. The monoisotopic (exact) mass is 588 g/mol. The van der Waals surface area contributed by atoms with Crippen molar-refractivity contribution in [1.29, 1.82) is 0 Å². The fourth-order valence-electron chi connectivity index (χ4n) is 8.24. The van der Waals surface area contributed by atoms with Crippen molar-refractivity contribution in [2.75, 3.05) is 13.2 Å². The van der Waals surface area contributed by atoms with Crippen LogP contribution in [-0.4, -0.2) is 13.2 Å². The van der Waals surface area contributed by atoms with Crippen LogP contribution in [0.1, 0.15) is 104 Å². The van der Waals surface area contributed by atoms with Gasteiger partial charge in [0.25, 0.3) is 0 Å². The number of benzene rings is 2. The van der Waals surface area contributed by atoms with Crippen LogP contribution < -0.4 is 9.47 Å². The minimum atomic E-state index is -1.27. The SMILES string of the molecule is CCCC1CCC2CC(CCC3CCC(COc4ccc(-c5ccc(OCC)c(F)c5F)c(F)c4F)CC3)CCC2C1. The van der Waals surface area contributed by atoms with Gasteiger partial charge in [0.15, 0.2) is 23.1 Å². The molecule has 0 aromatic heterocycles. The molecule has 0 amide bonds. The highest BCUT2D eigenvalue weighted by Gasteiger charge is 2.35. The Kier molecular flexibility index (Phi) is 10.8. The average Bonchev–Trinajstić information content (AvgIpc) is 3.00. The van der Waals surface area contributed by atoms with E-state index >= 15 is 0 Å². The lowest BCUT2D eigenvalue weighted by Crippen LogP contribution is -2.31. The van der Waals surface area contributed by atoms with E-state index in [0.29, 0.717) is 12.5 Å². The van der Waals surface area contributed by atoms with Crippen molar-refractivity contribution in [2.24, 2.45) is 35.5 Å². The molecule has 3 aliphatic carbocycles. The van der Waals surface area contributed by atoms with E-state index in [4.69, 9.17) is 9.47 Å². The molecule has 0 bridgehead atoms. The molecule has 0 aliphatic heterocycles. The second kappa shape index (κ2) is 14.5. The summed E-state index contributed by atoms with van der Waals surface area (Å²) in [6.07, 6.45) is 18.6. The summed E-state index contributed by atoms with van der Waals surface area (Å²) in [6.45, 7) is 4.46. The maximum absolute atomic E-state index is 14.9. The highest BCUT2D eigenvalue weighted by atomic mass is 19.2. The molecule has 6 heteroatoms. The van der Waals surface area contributed by atoms with Gasteiger partial charge in [-0.2, -0.15) is 8.78 Å². The van der Waals surface area contributed by atoms with Crippen molar-refractivity contribution < 1.29 is 27.0 Å². The summed E-state index contributed by atoms with van der Waals surface area (Å²) in [4.78, 5) is 0. The quantitative estimate of drug-likeness (QED) is 0.243. The lowest BCUT2D eigenvalue weighted by Gasteiger charge is -2.42. The van der Waals surface area contributed by atoms with Gasteiger partial charge in [-0.05, 0) is 105 Å². The number of fused-ring (bicyclic) bond motifs is 1. The van der Waals surface area contributed by atoms with Gasteiger partial charge < -0.3 is 9.47 Å². The molecule has 0 heterocycles. The summed E-state index contributed by atoms with van der Waals surface area (Å²) >= 11 is 0. The minimum Gasteiger partial charge on any atom is -0.491 e. The van der Waals surface area contributed by atoms with Gasteiger partial charge >= 0.3 is 0 Å². The first kappa shape index (κ1) is 31.2. The van der Waals surface area contributed by atoms with Crippen molar-refractivity contribution in [2.45, 2.75) is 104 Å². The Morgan fingerprint density at radius 2 is 1.02 bits per heavy atom. The van der Waals surface area contributed by atoms with Gasteiger partial charge in [0.2, 0.25) is 11.6 Å². The summed E-state index contributed by atoms with van der Waals surface area (Å²) in [7, 11) is 0. The molecule has 3 aliphatic rings. The Morgan fingerprint density at radius 3 is 1.57 bits per heavy atom. The van der Waals surface area contributed by atoms with E-state index < -0.39 is 23.3 Å². The molecule has 0 saturated heterocycles. The van der Waals surface area contributed by atoms with Crippen LogP contribution in [0.25, 0.3) is 11.1 Å². The number of hydrogen-bond donors (Lipinski definition) is 0. The Labute approximate surface area is 249 Å². The smallest absolute Gasteiger partial charge is 0.201 e. The van der Waals surface area contributed by atoms with E-state index in [9.17, 15) is 17.6 Å². The summed E-state index contributed by atoms with van der Waals surface area (Å²) in [5.74, 6) is -0.431. The van der Waals surface area contributed by atoms with Crippen molar-refractivity contribution in [3.63, 3.8) is 0 Å². The average molecular weight is 589 g/mol. The minimum absolute atomic E-state index is 0.160. The van der Waals surface area contributed by atoms with E-state index in [1.165, 1.54) is 101 Å². The predicted molar refractivity (Wildman–Crippen MR) is 160 cm³/mol. The normalized spacial score (nSPS) is 27.9. The molecular formula is C36H48F4O2. The van der Waals surface area contributed by atoms with E-state index in [1.807, 2.05) is 0 Å². The third-order valence-electron chi connectivity index (χ3n) is 10.6. The summed E-state index contributed by atoms with van der Waals surface area (Å²) in [5.41, 5.74) is -0.706. The molecule has 2 aromatic rings. The molecule has 2 aromatic carbocycles. The van der Waals surface area contributed by atoms with Crippen molar-refractivity contribution in [1.82, 2.24) is 0 Å². The first-order valence-corrected chi connectivity index (χ1v) is 16.6. The predicted octanol–water partition coefficient (Wildman–Crippen LogP) is 10.9. The number of hydrogen-bond acceptors (Lipinski definition) is 2. The zero-order valence-electron chi connectivity index (χ0n) is 25.4. The molecular weight excluding hydrogens is 540 g/mol. The summed E-state index contributed by atoms with van der Waals surface area (Å²) in [5, 5.41) is 0. The second-order valence-electron chi connectivity index (χ2n) is 13.4. The third kappa shape index (κ3) is 7.27. The van der Waals surface area contributed by atoms with Gasteiger partial charge in [0.05, 0.1) is 13.2 Å². The summed E-state index contributed by atoms with van der Waals surface area (Å²) in [6, 6.07) is 4.97. The number of ether oxygens (including phenoxy) is 2. The van der Waals surface area contributed by atoms with E-state index in [0.717, 1.165) is 42.4 Å². The van der Waals surface area contributed by atoms with Crippen LogP contribution in [0.3, 0.4) is 0 Å². The molecule has 3 saturated carbocycles. The molecule has 0 radical (unpaired) electrons. The van der Waals surface area contributed by atoms with Gasteiger partial charge in [-0.25, -0.2) is 8.78 Å². The lowest BCUT2D eigenvalue weighted by molar-refractivity contribution is 0.0873. The first-order valence-electron chi connectivity index (χ1n) is 16.6. The van der Waals surface area contributed by atoms with Crippen LogP contribution in [0.2, 0.25) is 0 Å².